The molecule has 5 rings (SSSR count). The summed E-state index contributed by atoms with van der Waals surface area (Å²) in [7, 11) is 2.14. The molecule has 4 atom stereocenters. The van der Waals surface area contributed by atoms with Gasteiger partial charge in [0.1, 0.15) is 0 Å². The fourth-order valence-electron chi connectivity index (χ4n) is 5.76. The van der Waals surface area contributed by atoms with Gasteiger partial charge in [0, 0.05) is 22.7 Å². The fourth-order valence-corrected chi connectivity index (χ4v) is 6.18. The number of hydrogen-bond donors (Lipinski definition) is 1. The Morgan fingerprint density at radius 1 is 1.06 bits per heavy atom. The molecule has 176 valence electrons. The summed E-state index contributed by atoms with van der Waals surface area (Å²) in [6.07, 6.45) is 3.10. The quantitative estimate of drug-likeness (QED) is 0.600. The first-order valence-corrected chi connectivity index (χ1v) is 12.5. The number of carbonyl (C=O) groups excluding carboxylic acids is 1. The summed E-state index contributed by atoms with van der Waals surface area (Å²) >= 11 is 18.5. The molecule has 5 nitrogen and oxygen atoms in total. The van der Waals surface area contributed by atoms with Crippen molar-refractivity contribution in [3.63, 3.8) is 0 Å². The van der Waals surface area contributed by atoms with Crippen LogP contribution >= 0.6 is 34.8 Å². The number of carbonyl (C=O) groups is 1. The van der Waals surface area contributed by atoms with Gasteiger partial charge in [0.2, 0.25) is 11.7 Å². The van der Waals surface area contributed by atoms with Crippen molar-refractivity contribution in [1.29, 1.82) is 0 Å². The third-order valence-electron chi connectivity index (χ3n) is 7.48. The van der Waals surface area contributed by atoms with E-state index in [2.05, 4.69) is 29.4 Å². The molecular formula is C25H27Cl3N2O3. The molecule has 0 saturated carbocycles. The molecule has 0 unspecified atom stereocenters. The molecule has 0 spiro atoms. The van der Waals surface area contributed by atoms with Crippen LogP contribution in [0.5, 0.6) is 0 Å². The average Bonchev–Trinajstić information content (AvgIpc) is 3.37. The third kappa shape index (κ3) is 4.40. The Hall–Kier alpha value is -1.34. The van der Waals surface area contributed by atoms with Gasteiger partial charge in [-0.3, -0.25) is 9.69 Å². The van der Waals surface area contributed by atoms with Crippen molar-refractivity contribution in [2.75, 3.05) is 26.8 Å². The molecule has 8 heteroatoms. The number of fused-ring (bicyclic) bond motifs is 2. The standard InChI is InChI=1S/C25H27Cl3N2O3/c1-30-18-7-9-22(30)23(19(13-18)15-2-5-17(26)6-3-15)24(31)29-14-25(32-10-11-33-25)16-4-8-20(27)21(28)12-16/h2-6,8,12,18-19,22-23H,7,9-11,13-14H2,1H3,(H,29,31)/t18-,19+,22+,23-/m0/s1. The van der Waals surface area contributed by atoms with Gasteiger partial charge in [0.05, 0.1) is 35.7 Å². The van der Waals surface area contributed by atoms with E-state index < -0.39 is 5.79 Å². The highest BCUT2D eigenvalue weighted by atomic mass is 35.5. The highest BCUT2D eigenvalue weighted by Gasteiger charge is 2.49. The molecule has 1 amide bonds. The normalized spacial score (nSPS) is 28.7. The average molecular weight is 510 g/mol. The van der Waals surface area contributed by atoms with Crippen molar-refractivity contribution < 1.29 is 14.3 Å². The lowest BCUT2D eigenvalue weighted by molar-refractivity contribution is -0.166. The van der Waals surface area contributed by atoms with E-state index in [0.717, 1.165) is 30.4 Å². The molecule has 2 aromatic carbocycles. The van der Waals surface area contributed by atoms with Gasteiger partial charge in [-0.15, -0.1) is 0 Å². The van der Waals surface area contributed by atoms with E-state index >= 15 is 0 Å². The lowest BCUT2D eigenvalue weighted by Crippen LogP contribution is -2.53. The van der Waals surface area contributed by atoms with Gasteiger partial charge in [-0.1, -0.05) is 53.0 Å². The maximum atomic E-state index is 13.7. The van der Waals surface area contributed by atoms with Crippen molar-refractivity contribution in [3.8, 4) is 0 Å². The monoisotopic (exact) mass is 508 g/mol. The van der Waals surface area contributed by atoms with Crippen LogP contribution < -0.4 is 5.32 Å². The van der Waals surface area contributed by atoms with Gasteiger partial charge in [0.15, 0.2) is 0 Å². The van der Waals surface area contributed by atoms with Gasteiger partial charge in [-0.25, -0.2) is 0 Å². The highest BCUT2D eigenvalue weighted by Crippen LogP contribution is 2.46. The zero-order chi connectivity index (χ0) is 23.2. The Kier molecular flexibility index (Phi) is 6.64. The van der Waals surface area contributed by atoms with Crippen LogP contribution in [0.25, 0.3) is 0 Å². The molecule has 3 fully saturated rings. The van der Waals surface area contributed by atoms with Crippen molar-refractivity contribution in [1.82, 2.24) is 10.2 Å². The van der Waals surface area contributed by atoms with Crippen LogP contribution in [0.2, 0.25) is 15.1 Å². The van der Waals surface area contributed by atoms with Gasteiger partial charge in [-0.05, 0) is 62.1 Å². The molecule has 3 heterocycles. The van der Waals surface area contributed by atoms with Crippen molar-refractivity contribution in [2.45, 2.75) is 43.1 Å². The first kappa shape index (κ1) is 23.4. The largest absolute Gasteiger partial charge is 0.350 e. The Labute approximate surface area is 209 Å². The maximum absolute atomic E-state index is 13.7. The van der Waals surface area contributed by atoms with Crippen LogP contribution in [0.4, 0.5) is 0 Å². The van der Waals surface area contributed by atoms with E-state index in [1.807, 2.05) is 18.2 Å². The third-order valence-corrected chi connectivity index (χ3v) is 8.47. The predicted octanol–water partition coefficient (Wildman–Crippen LogP) is 5.23. The van der Waals surface area contributed by atoms with E-state index in [1.54, 1.807) is 12.1 Å². The predicted molar refractivity (Wildman–Crippen MR) is 130 cm³/mol. The Morgan fingerprint density at radius 3 is 2.48 bits per heavy atom. The number of amides is 1. The lowest BCUT2D eigenvalue weighted by atomic mass is 9.75. The number of nitrogens with zero attached hydrogens (tertiary/aromatic N) is 1. The van der Waals surface area contributed by atoms with E-state index in [0.29, 0.717) is 34.3 Å². The minimum absolute atomic E-state index is 0.0192. The molecule has 3 saturated heterocycles. The van der Waals surface area contributed by atoms with Crippen LogP contribution in [0.3, 0.4) is 0 Å². The minimum atomic E-state index is -1.07. The fraction of sp³-hybridized carbons (Fsp3) is 0.480. The number of nitrogens with one attached hydrogen (secondary N) is 1. The van der Waals surface area contributed by atoms with E-state index in [1.165, 1.54) is 0 Å². The first-order valence-electron chi connectivity index (χ1n) is 11.4. The van der Waals surface area contributed by atoms with Crippen molar-refractivity contribution >= 4 is 40.7 Å². The van der Waals surface area contributed by atoms with Crippen LogP contribution in [-0.4, -0.2) is 49.7 Å². The van der Waals surface area contributed by atoms with Crippen molar-refractivity contribution in [3.05, 3.63) is 68.7 Å². The minimum Gasteiger partial charge on any atom is -0.350 e. The number of ether oxygens (including phenoxy) is 2. The molecule has 3 aliphatic heterocycles. The summed E-state index contributed by atoms with van der Waals surface area (Å²) in [5, 5.41) is 4.75. The second-order valence-corrected chi connectivity index (χ2v) is 10.4. The van der Waals surface area contributed by atoms with Crippen LogP contribution in [0, 0.1) is 5.92 Å². The van der Waals surface area contributed by atoms with E-state index in [-0.39, 0.29) is 30.3 Å². The second-order valence-electron chi connectivity index (χ2n) is 9.18. The zero-order valence-electron chi connectivity index (χ0n) is 18.4. The lowest BCUT2D eigenvalue weighted by Gasteiger charge is -2.42. The van der Waals surface area contributed by atoms with Gasteiger partial charge in [0.25, 0.3) is 0 Å². The van der Waals surface area contributed by atoms with Crippen LogP contribution in [0.15, 0.2) is 42.5 Å². The topological polar surface area (TPSA) is 50.8 Å². The zero-order valence-corrected chi connectivity index (χ0v) is 20.7. The Morgan fingerprint density at radius 2 is 1.79 bits per heavy atom. The van der Waals surface area contributed by atoms with E-state index in [4.69, 9.17) is 44.3 Å². The number of piperidine rings is 1. The summed E-state index contributed by atoms with van der Waals surface area (Å²) in [6, 6.07) is 13.9. The first-order chi connectivity index (χ1) is 15.9. The number of rotatable bonds is 5. The molecule has 2 aromatic rings. The molecule has 1 N–H and O–H groups in total. The Bertz CT molecular complexity index is 1030. The molecule has 0 radical (unpaired) electrons. The summed E-state index contributed by atoms with van der Waals surface area (Å²) in [6.45, 7) is 1.09. The maximum Gasteiger partial charge on any atom is 0.225 e. The molecule has 2 bridgehead atoms. The SMILES string of the molecule is CN1[C@H]2CC[C@@H]1[C@@H](C(=O)NCC1(c3ccc(Cl)c(Cl)c3)OCCO1)[C@@H](c1ccc(Cl)cc1)C2. The molecule has 0 aliphatic carbocycles. The summed E-state index contributed by atoms with van der Waals surface area (Å²) < 4.78 is 12.0. The summed E-state index contributed by atoms with van der Waals surface area (Å²) in [5.41, 5.74) is 1.91. The van der Waals surface area contributed by atoms with Crippen LogP contribution in [0.1, 0.15) is 36.3 Å². The molecule has 33 heavy (non-hydrogen) atoms. The molecule has 0 aromatic heterocycles. The second kappa shape index (κ2) is 9.37. The van der Waals surface area contributed by atoms with E-state index in [9.17, 15) is 4.79 Å². The summed E-state index contributed by atoms with van der Waals surface area (Å²) in [5.74, 6) is -1.08. The molecule has 3 aliphatic rings. The van der Waals surface area contributed by atoms with Gasteiger partial charge in [-0.2, -0.15) is 0 Å². The number of benzene rings is 2. The number of halogens is 3. The van der Waals surface area contributed by atoms with Gasteiger partial charge < -0.3 is 14.8 Å². The highest BCUT2D eigenvalue weighted by molar-refractivity contribution is 6.42. The van der Waals surface area contributed by atoms with Crippen molar-refractivity contribution in [2.24, 2.45) is 5.92 Å². The molecular weight excluding hydrogens is 483 g/mol. The Balaban J connectivity index is 1.39. The summed E-state index contributed by atoms with van der Waals surface area (Å²) in [4.78, 5) is 16.1. The smallest absolute Gasteiger partial charge is 0.225 e. The number of hydrogen-bond acceptors (Lipinski definition) is 4. The van der Waals surface area contributed by atoms with Crippen LogP contribution in [-0.2, 0) is 20.1 Å². The van der Waals surface area contributed by atoms with Gasteiger partial charge >= 0.3 is 0 Å².